The van der Waals surface area contributed by atoms with Crippen LogP contribution in [-0.4, -0.2) is 60.3 Å². The number of aliphatic imine (C=N–C) groups is 1. The molecule has 1 fully saturated rings. The van der Waals surface area contributed by atoms with Crippen molar-refractivity contribution >= 4 is 23.4 Å². The summed E-state index contributed by atoms with van der Waals surface area (Å²) in [5.74, 6) is 0.738. The van der Waals surface area contributed by atoms with Crippen LogP contribution in [0.1, 0.15) is 50.4 Å². The average molecular weight is 396 g/mol. The second kappa shape index (κ2) is 9.92. The molecular formula is C19H33N5O2S. The number of nitrogens with zero attached hydrogens (tertiary/aromatic N) is 3. The molecule has 0 radical (unpaired) electrons. The Labute approximate surface area is 166 Å². The van der Waals surface area contributed by atoms with E-state index in [2.05, 4.69) is 27.5 Å². The van der Waals surface area contributed by atoms with E-state index in [-0.39, 0.29) is 6.09 Å². The van der Waals surface area contributed by atoms with Crippen molar-refractivity contribution < 1.29 is 9.53 Å². The van der Waals surface area contributed by atoms with Crippen molar-refractivity contribution in [3.8, 4) is 0 Å². The van der Waals surface area contributed by atoms with E-state index in [1.54, 1.807) is 18.4 Å². The number of guanidine groups is 1. The smallest absolute Gasteiger partial charge is 0.410 e. The second-order valence-corrected chi connectivity index (χ2v) is 8.85. The van der Waals surface area contributed by atoms with Crippen LogP contribution in [0.5, 0.6) is 0 Å². The number of ether oxygens (including phenoxy) is 1. The summed E-state index contributed by atoms with van der Waals surface area (Å²) in [6, 6.07) is 0.314. The summed E-state index contributed by atoms with van der Waals surface area (Å²) in [4.78, 5) is 24.2. The van der Waals surface area contributed by atoms with E-state index in [0.717, 1.165) is 43.2 Å². The number of hydrogen-bond donors (Lipinski definition) is 2. The van der Waals surface area contributed by atoms with Crippen LogP contribution in [0.3, 0.4) is 0 Å². The molecule has 2 rings (SSSR count). The lowest BCUT2D eigenvalue weighted by Gasteiger charge is -2.27. The van der Waals surface area contributed by atoms with Gasteiger partial charge in [0.1, 0.15) is 5.60 Å². The van der Waals surface area contributed by atoms with Gasteiger partial charge >= 0.3 is 6.09 Å². The van der Waals surface area contributed by atoms with Crippen LogP contribution < -0.4 is 10.6 Å². The highest BCUT2D eigenvalue weighted by atomic mass is 32.1. The van der Waals surface area contributed by atoms with Crippen LogP contribution in [0.4, 0.5) is 4.79 Å². The number of thiazole rings is 1. The molecule has 0 bridgehead atoms. The quantitative estimate of drug-likeness (QED) is 0.523. The molecule has 1 aliphatic rings. The average Bonchev–Trinajstić information content (AvgIpc) is 3.33. The molecule has 1 amide bonds. The van der Waals surface area contributed by atoms with Gasteiger partial charge in [0, 0.05) is 50.2 Å². The molecular weight excluding hydrogens is 362 g/mol. The van der Waals surface area contributed by atoms with Crippen LogP contribution in [0.25, 0.3) is 0 Å². The number of carbonyl (C=O) groups excluding carboxylic acids is 1. The maximum absolute atomic E-state index is 12.4. The Kier molecular flexibility index (Phi) is 7.89. The standard InChI is InChI=1S/C19H33N5O2S/c1-6-15-13-23-16(27-15)9-10-21-17(20-5)22-11-12-24(14-7-8-14)18(25)26-19(2,3)4/h13-14H,6-12H2,1-5H3,(H2,20,21,22). The van der Waals surface area contributed by atoms with Crippen molar-refractivity contribution in [3.05, 3.63) is 16.1 Å². The van der Waals surface area contributed by atoms with Gasteiger partial charge in [0.2, 0.25) is 0 Å². The molecule has 1 heterocycles. The van der Waals surface area contributed by atoms with Gasteiger partial charge in [-0.3, -0.25) is 4.99 Å². The molecule has 27 heavy (non-hydrogen) atoms. The topological polar surface area (TPSA) is 78.9 Å². The molecule has 0 aromatic carbocycles. The zero-order valence-corrected chi connectivity index (χ0v) is 18.0. The molecule has 152 valence electrons. The van der Waals surface area contributed by atoms with Gasteiger partial charge in [-0.05, 0) is 40.0 Å². The van der Waals surface area contributed by atoms with E-state index < -0.39 is 5.60 Å². The lowest BCUT2D eigenvalue weighted by molar-refractivity contribution is 0.0238. The molecule has 1 saturated carbocycles. The number of carbonyl (C=O) groups is 1. The monoisotopic (exact) mass is 395 g/mol. The Hall–Kier alpha value is -1.83. The lowest BCUT2D eigenvalue weighted by atomic mass is 10.2. The molecule has 0 atom stereocenters. The minimum Gasteiger partial charge on any atom is -0.444 e. The fourth-order valence-electron chi connectivity index (χ4n) is 2.56. The van der Waals surface area contributed by atoms with Gasteiger partial charge in [0.05, 0.1) is 5.01 Å². The predicted octanol–water partition coefficient (Wildman–Crippen LogP) is 2.81. The van der Waals surface area contributed by atoms with Gasteiger partial charge in [-0.25, -0.2) is 9.78 Å². The fraction of sp³-hybridized carbons (Fsp3) is 0.737. The second-order valence-electron chi connectivity index (χ2n) is 7.65. The van der Waals surface area contributed by atoms with E-state index in [9.17, 15) is 4.79 Å². The highest BCUT2D eigenvalue weighted by Crippen LogP contribution is 2.28. The van der Waals surface area contributed by atoms with Crippen LogP contribution in [0, 0.1) is 0 Å². The summed E-state index contributed by atoms with van der Waals surface area (Å²) >= 11 is 1.76. The van der Waals surface area contributed by atoms with Crippen molar-refractivity contribution in [1.82, 2.24) is 20.5 Å². The third-order valence-electron chi connectivity index (χ3n) is 4.07. The van der Waals surface area contributed by atoms with Crippen molar-refractivity contribution in [2.75, 3.05) is 26.7 Å². The minimum atomic E-state index is -0.470. The van der Waals surface area contributed by atoms with Gasteiger partial charge in [-0.2, -0.15) is 0 Å². The maximum Gasteiger partial charge on any atom is 0.410 e. The molecule has 0 aliphatic heterocycles. The highest BCUT2D eigenvalue weighted by Gasteiger charge is 2.34. The van der Waals surface area contributed by atoms with Gasteiger partial charge in [-0.15, -0.1) is 11.3 Å². The van der Waals surface area contributed by atoms with Crippen LogP contribution >= 0.6 is 11.3 Å². The Morgan fingerprint density at radius 2 is 2.07 bits per heavy atom. The summed E-state index contributed by atoms with van der Waals surface area (Å²) in [5.41, 5.74) is -0.470. The summed E-state index contributed by atoms with van der Waals surface area (Å²) in [6.07, 6.45) is 5.74. The predicted molar refractivity (Wildman–Crippen MR) is 111 cm³/mol. The van der Waals surface area contributed by atoms with E-state index in [1.165, 1.54) is 4.88 Å². The zero-order valence-electron chi connectivity index (χ0n) is 17.2. The third-order valence-corrected chi connectivity index (χ3v) is 5.27. The van der Waals surface area contributed by atoms with Crippen LogP contribution in [0.2, 0.25) is 0 Å². The minimum absolute atomic E-state index is 0.231. The summed E-state index contributed by atoms with van der Waals surface area (Å²) < 4.78 is 5.52. The van der Waals surface area contributed by atoms with Crippen molar-refractivity contribution in [2.45, 2.75) is 65.0 Å². The summed E-state index contributed by atoms with van der Waals surface area (Å²) in [7, 11) is 1.75. The number of nitrogens with one attached hydrogen (secondary N) is 2. The Bertz CT molecular complexity index is 634. The first-order valence-electron chi connectivity index (χ1n) is 9.70. The van der Waals surface area contributed by atoms with Crippen molar-refractivity contribution in [2.24, 2.45) is 4.99 Å². The highest BCUT2D eigenvalue weighted by molar-refractivity contribution is 7.11. The van der Waals surface area contributed by atoms with Gasteiger partial charge < -0.3 is 20.3 Å². The van der Waals surface area contributed by atoms with E-state index in [0.29, 0.717) is 19.1 Å². The summed E-state index contributed by atoms with van der Waals surface area (Å²) in [5, 5.41) is 7.72. The fourth-order valence-corrected chi connectivity index (χ4v) is 3.42. The van der Waals surface area contributed by atoms with Crippen LogP contribution in [-0.2, 0) is 17.6 Å². The summed E-state index contributed by atoms with van der Waals surface area (Å²) in [6.45, 7) is 9.83. The van der Waals surface area contributed by atoms with Gasteiger partial charge in [0.15, 0.2) is 5.96 Å². The first-order chi connectivity index (χ1) is 12.8. The van der Waals surface area contributed by atoms with Gasteiger partial charge in [0.25, 0.3) is 0 Å². The first-order valence-corrected chi connectivity index (χ1v) is 10.5. The molecule has 0 unspecified atom stereocenters. The van der Waals surface area contributed by atoms with Crippen LogP contribution in [0.15, 0.2) is 11.2 Å². The Balaban J connectivity index is 1.71. The number of rotatable bonds is 8. The van der Waals surface area contributed by atoms with E-state index >= 15 is 0 Å². The molecule has 1 aromatic rings. The molecule has 1 aromatic heterocycles. The number of aryl methyl sites for hydroxylation is 1. The number of hydrogen-bond acceptors (Lipinski definition) is 5. The molecule has 8 heteroatoms. The largest absolute Gasteiger partial charge is 0.444 e. The number of amides is 1. The number of aromatic nitrogens is 1. The third kappa shape index (κ3) is 7.74. The maximum atomic E-state index is 12.4. The zero-order chi connectivity index (χ0) is 19.9. The van der Waals surface area contributed by atoms with E-state index in [4.69, 9.17) is 4.74 Å². The SMILES string of the molecule is CCc1cnc(CCNC(=NC)NCCN(C(=O)OC(C)(C)C)C2CC2)s1. The molecule has 7 nitrogen and oxygen atoms in total. The van der Waals surface area contributed by atoms with Crippen molar-refractivity contribution in [3.63, 3.8) is 0 Å². The van der Waals surface area contributed by atoms with Crippen molar-refractivity contribution in [1.29, 1.82) is 0 Å². The molecule has 0 spiro atoms. The first kappa shape index (κ1) is 21.5. The lowest BCUT2D eigenvalue weighted by Crippen LogP contribution is -2.45. The normalized spacial score (nSPS) is 14.8. The van der Waals surface area contributed by atoms with E-state index in [1.807, 2.05) is 31.9 Å². The Morgan fingerprint density at radius 1 is 1.37 bits per heavy atom. The molecule has 1 aliphatic carbocycles. The van der Waals surface area contributed by atoms with Gasteiger partial charge in [-0.1, -0.05) is 6.92 Å². The molecule has 0 saturated heterocycles. The Morgan fingerprint density at radius 3 is 2.63 bits per heavy atom. The molecule has 2 N–H and O–H groups in total.